The minimum atomic E-state index is -0.337. The van der Waals surface area contributed by atoms with Gasteiger partial charge in [0.25, 0.3) is 0 Å². The Kier molecular flexibility index (Phi) is 4.37. The minimum absolute atomic E-state index is 0.0162. The van der Waals surface area contributed by atoms with Crippen molar-refractivity contribution in [2.24, 2.45) is 5.92 Å². The summed E-state index contributed by atoms with van der Waals surface area (Å²) in [6.07, 6.45) is 1.87. The number of carbonyl (C=O) groups excluding carboxylic acids is 2. The molecule has 0 radical (unpaired) electrons. The average molecular weight is 309 g/mol. The first kappa shape index (κ1) is 15.2. The Morgan fingerprint density at radius 3 is 2.65 bits per heavy atom. The van der Waals surface area contributed by atoms with E-state index in [2.05, 4.69) is 10.3 Å². The Bertz CT molecular complexity index is 688. The van der Waals surface area contributed by atoms with E-state index in [1.54, 1.807) is 23.2 Å². The number of rotatable bonds is 4. The molecule has 1 saturated heterocycles. The summed E-state index contributed by atoms with van der Waals surface area (Å²) in [5.74, 6) is 0.0394. The van der Waals surface area contributed by atoms with Gasteiger partial charge in [-0.1, -0.05) is 36.4 Å². The van der Waals surface area contributed by atoms with Gasteiger partial charge in [-0.15, -0.1) is 0 Å². The van der Waals surface area contributed by atoms with Crippen molar-refractivity contribution in [2.75, 3.05) is 11.9 Å². The lowest BCUT2D eigenvalue weighted by atomic mass is 10.1. The average Bonchev–Trinajstić information content (AvgIpc) is 2.98. The molecule has 1 aliphatic heterocycles. The zero-order valence-electron chi connectivity index (χ0n) is 13.0. The van der Waals surface area contributed by atoms with E-state index in [4.69, 9.17) is 0 Å². The Hall–Kier alpha value is -2.69. The summed E-state index contributed by atoms with van der Waals surface area (Å²) in [4.78, 5) is 30.5. The highest BCUT2D eigenvalue weighted by molar-refractivity contribution is 5.96. The summed E-state index contributed by atoms with van der Waals surface area (Å²) in [6.45, 7) is 2.43. The van der Waals surface area contributed by atoms with Gasteiger partial charge in [0.2, 0.25) is 11.8 Å². The topological polar surface area (TPSA) is 62.3 Å². The number of carbonyl (C=O) groups is 2. The molecule has 5 heteroatoms. The van der Waals surface area contributed by atoms with Crippen molar-refractivity contribution in [1.29, 1.82) is 0 Å². The van der Waals surface area contributed by atoms with Crippen LogP contribution in [0.15, 0.2) is 54.7 Å². The van der Waals surface area contributed by atoms with Gasteiger partial charge < -0.3 is 10.2 Å². The van der Waals surface area contributed by atoms with Crippen molar-refractivity contribution in [1.82, 2.24) is 9.88 Å². The fourth-order valence-electron chi connectivity index (χ4n) is 2.86. The van der Waals surface area contributed by atoms with Crippen LogP contribution in [0.3, 0.4) is 0 Å². The Balaban J connectivity index is 1.66. The van der Waals surface area contributed by atoms with Crippen LogP contribution in [0.4, 0.5) is 5.82 Å². The number of hydrogen-bond donors (Lipinski definition) is 1. The number of benzene rings is 1. The monoisotopic (exact) mass is 309 g/mol. The summed E-state index contributed by atoms with van der Waals surface area (Å²) in [5.41, 5.74) is 1.08. The van der Waals surface area contributed by atoms with Crippen molar-refractivity contribution < 1.29 is 9.59 Å². The van der Waals surface area contributed by atoms with Gasteiger partial charge >= 0.3 is 0 Å². The van der Waals surface area contributed by atoms with Gasteiger partial charge in [-0.3, -0.25) is 9.59 Å². The van der Waals surface area contributed by atoms with Crippen molar-refractivity contribution in [3.8, 4) is 0 Å². The first-order chi connectivity index (χ1) is 11.1. The van der Waals surface area contributed by atoms with Gasteiger partial charge in [0, 0.05) is 19.2 Å². The smallest absolute Gasteiger partial charge is 0.230 e. The highest BCUT2D eigenvalue weighted by Crippen LogP contribution is 2.28. The predicted molar refractivity (Wildman–Crippen MR) is 87.5 cm³/mol. The predicted octanol–water partition coefficient (Wildman–Crippen LogP) is 2.63. The van der Waals surface area contributed by atoms with Gasteiger partial charge in [-0.2, -0.15) is 0 Å². The SMILES string of the molecule is C[C@H](c1ccccc1)N1C[C@H](C(=O)Nc2ccccn2)CC1=O. The number of aromatic nitrogens is 1. The highest BCUT2D eigenvalue weighted by atomic mass is 16.2. The van der Waals surface area contributed by atoms with E-state index in [1.807, 2.05) is 43.3 Å². The molecule has 5 nitrogen and oxygen atoms in total. The molecule has 1 fully saturated rings. The van der Waals surface area contributed by atoms with Crippen molar-refractivity contribution in [3.63, 3.8) is 0 Å². The molecule has 2 heterocycles. The van der Waals surface area contributed by atoms with Crippen LogP contribution in [0.2, 0.25) is 0 Å². The van der Waals surface area contributed by atoms with Gasteiger partial charge in [0.05, 0.1) is 12.0 Å². The van der Waals surface area contributed by atoms with Crippen LogP contribution in [0.25, 0.3) is 0 Å². The molecule has 0 aliphatic carbocycles. The van der Waals surface area contributed by atoms with Crippen molar-refractivity contribution in [2.45, 2.75) is 19.4 Å². The molecular formula is C18H19N3O2. The third-order valence-electron chi connectivity index (χ3n) is 4.19. The molecule has 2 amide bonds. The first-order valence-electron chi connectivity index (χ1n) is 7.71. The number of nitrogens with zero attached hydrogens (tertiary/aromatic N) is 2. The summed E-state index contributed by atoms with van der Waals surface area (Å²) in [7, 11) is 0. The zero-order chi connectivity index (χ0) is 16.2. The van der Waals surface area contributed by atoms with Crippen LogP contribution in [0.5, 0.6) is 0 Å². The highest BCUT2D eigenvalue weighted by Gasteiger charge is 2.37. The molecule has 2 aromatic rings. The molecule has 2 atom stereocenters. The van der Waals surface area contributed by atoms with E-state index in [-0.39, 0.29) is 30.2 Å². The quantitative estimate of drug-likeness (QED) is 0.944. The lowest BCUT2D eigenvalue weighted by molar-refractivity contribution is -0.129. The molecule has 0 bridgehead atoms. The Morgan fingerprint density at radius 1 is 1.22 bits per heavy atom. The maximum absolute atomic E-state index is 12.3. The van der Waals surface area contributed by atoms with Gasteiger partial charge in [-0.05, 0) is 24.6 Å². The Labute approximate surface area is 135 Å². The van der Waals surface area contributed by atoms with E-state index < -0.39 is 0 Å². The number of anilines is 1. The van der Waals surface area contributed by atoms with E-state index in [1.165, 1.54) is 0 Å². The molecule has 1 aromatic carbocycles. The largest absolute Gasteiger partial charge is 0.335 e. The molecule has 0 spiro atoms. The zero-order valence-corrected chi connectivity index (χ0v) is 13.0. The number of amides is 2. The first-order valence-corrected chi connectivity index (χ1v) is 7.71. The summed E-state index contributed by atoms with van der Waals surface area (Å²) < 4.78 is 0. The van der Waals surface area contributed by atoms with Gasteiger partial charge in [0.1, 0.15) is 5.82 Å². The maximum Gasteiger partial charge on any atom is 0.230 e. The maximum atomic E-state index is 12.3. The van der Waals surface area contributed by atoms with E-state index >= 15 is 0 Å². The second-order valence-corrected chi connectivity index (χ2v) is 5.74. The molecule has 0 unspecified atom stereocenters. The van der Waals surface area contributed by atoms with Crippen LogP contribution >= 0.6 is 0 Å². The lowest BCUT2D eigenvalue weighted by Crippen LogP contribution is -2.30. The normalized spacial score (nSPS) is 18.7. The van der Waals surface area contributed by atoms with Crippen LogP contribution in [0.1, 0.15) is 24.9 Å². The van der Waals surface area contributed by atoms with Gasteiger partial charge in [-0.25, -0.2) is 4.98 Å². The van der Waals surface area contributed by atoms with E-state index in [0.717, 1.165) is 5.56 Å². The number of likely N-dealkylation sites (tertiary alicyclic amines) is 1. The van der Waals surface area contributed by atoms with Crippen LogP contribution in [-0.4, -0.2) is 28.2 Å². The molecule has 1 aliphatic rings. The third kappa shape index (κ3) is 3.39. The molecule has 118 valence electrons. The third-order valence-corrected chi connectivity index (χ3v) is 4.19. The minimum Gasteiger partial charge on any atom is -0.335 e. The van der Waals surface area contributed by atoms with Crippen molar-refractivity contribution >= 4 is 17.6 Å². The Morgan fingerprint density at radius 2 is 1.96 bits per heavy atom. The standard InChI is InChI=1S/C18H19N3O2/c1-13(14-7-3-2-4-8-14)21-12-15(11-17(21)22)18(23)20-16-9-5-6-10-19-16/h2-10,13,15H,11-12H2,1H3,(H,19,20,23)/t13-,15-/m1/s1. The number of nitrogens with one attached hydrogen (secondary N) is 1. The van der Waals surface area contributed by atoms with E-state index in [0.29, 0.717) is 12.4 Å². The summed E-state index contributed by atoms with van der Waals surface area (Å²) >= 11 is 0. The van der Waals surface area contributed by atoms with Crippen LogP contribution in [-0.2, 0) is 9.59 Å². The molecule has 1 N–H and O–H groups in total. The molecule has 23 heavy (non-hydrogen) atoms. The second kappa shape index (κ2) is 6.60. The molecule has 1 aromatic heterocycles. The fraction of sp³-hybridized carbons (Fsp3) is 0.278. The second-order valence-electron chi connectivity index (χ2n) is 5.74. The lowest BCUT2D eigenvalue weighted by Gasteiger charge is -2.25. The van der Waals surface area contributed by atoms with Crippen LogP contribution < -0.4 is 5.32 Å². The molecule has 0 saturated carbocycles. The fourth-order valence-corrected chi connectivity index (χ4v) is 2.86. The van der Waals surface area contributed by atoms with Crippen molar-refractivity contribution in [3.05, 3.63) is 60.3 Å². The summed E-state index contributed by atoms with van der Waals surface area (Å²) in [6, 6.07) is 15.2. The molecule has 3 rings (SSSR count). The van der Waals surface area contributed by atoms with Crippen LogP contribution in [0, 0.1) is 5.92 Å². The summed E-state index contributed by atoms with van der Waals surface area (Å²) in [5, 5.41) is 2.77. The van der Waals surface area contributed by atoms with Gasteiger partial charge in [0.15, 0.2) is 0 Å². The number of hydrogen-bond acceptors (Lipinski definition) is 3. The van der Waals surface area contributed by atoms with E-state index in [9.17, 15) is 9.59 Å². The number of pyridine rings is 1. The molecular weight excluding hydrogens is 290 g/mol.